The maximum absolute atomic E-state index is 13.3. The zero-order chi connectivity index (χ0) is 24.2. The standard InChI is InChI=1S/C28H29NO5/c1-4-16-29-25(21-13-9-11-18-10-7-8-12-20(18)21)24(27(31)28(29)32)26(30)22-15-14-19(33-5-2)17-23(22)34-6-3/h7-15,17,25,30H,4-6,16H2,1-3H3/b26-24+. The van der Waals surface area contributed by atoms with Crippen molar-refractivity contribution in [3.63, 3.8) is 0 Å². The van der Waals surface area contributed by atoms with E-state index < -0.39 is 17.7 Å². The molecule has 0 aliphatic carbocycles. The lowest BCUT2D eigenvalue weighted by Crippen LogP contribution is -2.30. The monoisotopic (exact) mass is 459 g/mol. The molecule has 0 aromatic heterocycles. The van der Waals surface area contributed by atoms with Gasteiger partial charge in [0.15, 0.2) is 0 Å². The van der Waals surface area contributed by atoms with E-state index in [0.29, 0.717) is 43.2 Å². The summed E-state index contributed by atoms with van der Waals surface area (Å²) >= 11 is 0. The fraction of sp³-hybridized carbons (Fsp3) is 0.286. The lowest BCUT2D eigenvalue weighted by Gasteiger charge is -2.26. The molecule has 0 spiro atoms. The molecule has 3 aromatic rings. The number of ether oxygens (including phenoxy) is 2. The van der Waals surface area contributed by atoms with E-state index in [2.05, 4.69) is 0 Å². The normalized spacial score (nSPS) is 17.4. The van der Waals surface area contributed by atoms with Crippen molar-refractivity contribution in [1.82, 2.24) is 4.90 Å². The summed E-state index contributed by atoms with van der Waals surface area (Å²) in [6.45, 7) is 6.93. The van der Waals surface area contributed by atoms with Gasteiger partial charge in [-0.2, -0.15) is 0 Å². The number of hydrogen-bond donors (Lipinski definition) is 1. The number of carbonyl (C=O) groups is 2. The lowest BCUT2D eigenvalue weighted by molar-refractivity contribution is -0.139. The van der Waals surface area contributed by atoms with Crippen molar-refractivity contribution >= 4 is 28.2 Å². The summed E-state index contributed by atoms with van der Waals surface area (Å²) in [5, 5.41) is 13.4. The SMILES string of the molecule is CCCN1C(=O)C(=O)/C(=C(/O)c2ccc(OCC)cc2OCC)C1c1cccc2ccccc12. The molecule has 1 amide bonds. The predicted octanol–water partition coefficient (Wildman–Crippen LogP) is 5.47. The third-order valence-electron chi connectivity index (χ3n) is 5.94. The molecule has 1 fully saturated rings. The molecule has 6 heteroatoms. The Kier molecular flexibility index (Phi) is 6.87. The summed E-state index contributed by atoms with van der Waals surface area (Å²) in [4.78, 5) is 27.9. The number of likely N-dealkylation sites (tertiary alicyclic amines) is 1. The number of ketones is 1. The van der Waals surface area contributed by atoms with Crippen molar-refractivity contribution in [3.8, 4) is 11.5 Å². The van der Waals surface area contributed by atoms with Crippen LogP contribution in [0.25, 0.3) is 16.5 Å². The van der Waals surface area contributed by atoms with Gasteiger partial charge >= 0.3 is 0 Å². The van der Waals surface area contributed by atoms with Gasteiger partial charge in [0.05, 0.1) is 30.4 Å². The van der Waals surface area contributed by atoms with Crippen molar-refractivity contribution in [3.05, 3.63) is 77.4 Å². The van der Waals surface area contributed by atoms with Crippen LogP contribution in [0.15, 0.2) is 66.2 Å². The Hall–Kier alpha value is -3.80. The maximum Gasteiger partial charge on any atom is 0.295 e. The van der Waals surface area contributed by atoms with Gasteiger partial charge in [0.2, 0.25) is 0 Å². The second-order valence-electron chi connectivity index (χ2n) is 8.08. The Morgan fingerprint density at radius 3 is 2.41 bits per heavy atom. The molecule has 1 heterocycles. The van der Waals surface area contributed by atoms with Crippen LogP contribution < -0.4 is 9.47 Å². The van der Waals surface area contributed by atoms with E-state index in [1.165, 1.54) is 0 Å². The predicted molar refractivity (Wildman–Crippen MR) is 132 cm³/mol. The first kappa shape index (κ1) is 23.4. The van der Waals surface area contributed by atoms with Gasteiger partial charge in [0.25, 0.3) is 11.7 Å². The Labute approximate surface area is 199 Å². The van der Waals surface area contributed by atoms with Crippen molar-refractivity contribution < 1.29 is 24.2 Å². The van der Waals surface area contributed by atoms with Crippen molar-refractivity contribution in [2.75, 3.05) is 19.8 Å². The van der Waals surface area contributed by atoms with Crippen LogP contribution in [0.2, 0.25) is 0 Å². The van der Waals surface area contributed by atoms with Gasteiger partial charge in [-0.25, -0.2) is 0 Å². The van der Waals surface area contributed by atoms with Crippen LogP contribution in [-0.4, -0.2) is 41.5 Å². The highest BCUT2D eigenvalue weighted by molar-refractivity contribution is 6.46. The third-order valence-corrected chi connectivity index (χ3v) is 5.94. The number of amides is 1. The van der Waals surface area contributed by atoms with Gasteiger partial charge in [-0.15, -0.1) is 0 Å². The first-order chi connectivity index (χ1) is 16.5. The summed E-state index contributed by atoms with van der Waals surface area (Å²) in [5.41, 5.74) is 1.22. The van der Waals surface area contributed by atoms with Crippen LogP contribution in [0, 0.1) is 0 Å². The number of aliphatic hydroxyl groups excluding tert-OH is 1. The van der Waals surface area contributed by atoms with Crippen LogP contribution in [-0.2, 0) is 9.59 Å². The third kappa shape index (κ3) is 4.12. The number of fused-ring (bicyclic) bond motifs is 1. The molecule has 1 aliphatic heterocycles. The molecule has 1 atom stereocenters. The fourth-order valence-corrected chi connectivity index (χ4v) is 4.54. The van der Waals surface area contributed by atoms with E-state index in [1.54, 1.807) is 23.1 Å². The summed E-state index contributed by atoms with van der Waals surface area (Å²) in [7, 11) is 0. The van der Waals surface area contributed by atoms with Gasteiger partial charge < -0.3 is 19.5 Å². The van der Waals surface area contributed by atoms with E-state index in [9.17, 15) is 14.7 Å². The number of carbonyl (C=O) groups excluding carboxylic acids is 2. The van der Waals surface area contributed by atoms with E-state index in [1.807, 2.05) is 63.2 Å². The van der Waals surface area contributed by atoms with Crippen LogP contribution in [0.5, 0.6) is 11.5 Å². The highest BCUT2D eigenvalue weighted by Gasteiger charge is 2.46. The van der Waals surface area contributed by atoms with Gasteiger partial charge in [-0.05, 0) is 48.7 Å². The van der Waals surface area contributed by atoms with E-state index >= 15 is 0 Å². The first-order valence-corrected chi connectivity index (χ1v) is 11.7. The van der Waals surface area contributed by atoms with Gasteiger partial charge in [0, 0.05) is 12.6 Å². The minimum Gasteiger partial charge on any atom is -0.507 e. The molecule has 0 radical (unpaired) electrons. The zero-order valence-electron chi connectivity index (χ0n) is 19.7. The number of nitrogens with zero attached hydrogens (tertiary/aromatic N) is 1. The molecule has 4 rings (SSSR count). The Bertz CT molecular complexity index is 1260. The molecule has 1 saturated heterocycles. The van der Waals surface area contributed by atoms with Gasteiger partial charge in [-0.1, -0.05) is 49.4 Å². The number of hydrogen-bond acceptors (Lipinski definition) is 5. The average molecular weight is 460 g/mol. The molecular weight excluding hydrogens is 430 g/mol. The number of benzene rings is 3. The van der Waals surface area contributed by atoms with Crippen molar-refractivity contribution in [2.24, 2.45) is 0 Å². The Morgan fingerprint density at radius 2 is 1.68 bits per heavy atom. The van der Waals surface area contributed by atoms with Crippen molar-refractivity contribution in [1.29, 1.82) is 0 Å². The topological polar surface area (TPSA) is 76.1 Å². The van der Waals surface area contributed by atoms with E-state index in [0.717, 1.165) is 16.3 Å². The van der Waals surface area contributed by atoms with Gasteiger partial charge in [0.1, 0.15) is 17.3 Å². The molecule has 0 bridgehead atoms. The molecule has 6 nitrogen and oxygen atoms in total. The summed E-state index contributed by atoms with van der Waals surface area (Å²) in [6, 6.07) is 18.0. The van der Waals surface area contributed by atoms with Crippen molar-refractivity contribution in [2.45, 2.75) is 33.2 Å². The van der Waals surface area contributed by atoms with E-state index in [4.69, 9.17) is 9.47 Å². The lowest BCUT2D eigenvalue weighted by atomic mass is 9.91. The largest absolute Gasteiger partial charge is 0.507 e. The fourth-order valence-electron chi connectivity index (χ4n) is 4.54. The minimum absolute atomic E-state index is 0.0694. The average Bonchev–Trinajstić information content (AvgIpc) is 3.09. The Morgan fingerprint density at radius 1 is 0.941 bits per heavy atom. The first-order valence-electron chi connectivity index (χ1n) is 11.7. The van der Waals surface area contributed by atoms with E-state index in [-0.39, 0.29) is 11.3 Å². The summed E-state index contributed by atoms with van der Waals surface area (Å²) in [6.07, 6.45) is 0.682. The quantitative estimate of drug-likeness (QED) is 0.275. The van der Waals surface area contributed by atoms with Crippen LogP contribution in [0.1, 0.15) is 44.4 Å². The smallest absolute Gasteiger partial charge is 0.295 e. The highest BCUT2D eigenvalue weighted by atomic mass is 16.5. The maximum atomic E-state index is 13.3. The summed E-state index contributed by atoms with van der Waals surface area (Å²) in [5.74, 6) is -0.560. The number of Topliss-reactive ketones (excluding diaryl/α,β-unsaturated/α-hetero) is 1. The highest BCUT2D eigenvalue weighted by Crippen LogP contribution is 2.43. The molecule has 34 heavy (non-hydrogen) atoms. The molecule has 176 valence electrons. The minimum atomic E-state index is -0.702. The van der Waals surface area contributed by atoms with Crippen LogP contribution >= 0.6 is 0 Å². The second kappa shape index (κ2) is 10.00. The number of rotatable bonds is 8. The van der Waals surface area contributed by atoms with Gasteiger partial charge in [-0.3, -0.25) is 9.59 Å². The number of aliphatic hydroxyl groups is 1. The molecule has 1 aliphatic rings. The van der Waals surface area contributed by atoms with Crippen LogP contribution in [0.3, 0.4) is 0 Å². The zero-order valence-corrected chi connectivity index (χ0v) is 19.7. The molecule has 0 saturated carbocycles. The second-order valence-corrected chi connectivity index (χ2v) is 8.08. The Balaban J connectivity index is 1.96. The molecule has 1 unspecified atom stereocenters. The summed E-state index contributed by atoms with van der Waals surface area (Å²) < 4.78 is 11.3. The van der Waals surface area contributed by atoms with Crippen LogP contribution in [0.4, 0.5) is 0 Å². The molecule has 3 aromatic carbocycles. The molecule has 1 N–H and O–H groups in total. The molecular formula is C28H29NO5.